The van der Waals surface area contributed by atoms with Gasteiger partial charge in [-0.25, -0.2) is 0 Å². The van der Waals surface area contributed by atoms with Gasteiger partial charge in [0.15, 0.2) is 0 Å². The summed E-state index contributed by atoms with van der Waals surface area (Å²) in [5, 5.41) is 2.05. The fraction of sp³-hybridized carbons (Fsp3) is 0.583. The van der Waals surface area contributed by atoms with E-state index in [4.69, 9.17) is 0 Å². The molecule has 1 aromatic heterocycles. The van der Waals surface area contributed by atoms with E-state index >= 15 is 0 Å². The van der Waals surface area contributed by atoms with Crippen LogP contribution in [0.25, 0.3) is 0 Å². The van der Waals surface area contributed by atoms with Crippen LogP contribution in [0, 0.1) is 5.92 Å². The van der Waals surface area contributed by atoms with Gasteiger partial charge in [-0.1, -0.05) is 12.8 Å². The maximum Gasteiger partial charge on any atom is 0.471 e. The molecule has 0 bridgehead atoms. The van der Waals surface area contributed by atoms with Crippen molar-refractivity contribution in [1.29, 1.82) is 0 Å². The Morgan fingerprint density at radius 3 is 2.53 bits per heavy atom. The average molecular weight is 273 g/mol. The first-order valence-corrected chi connectivity index (χ1v) is 6.12. The van der Waals surface area contributed by atoms with Gasteiger partial charge in [-0.3, -0.25) is 14.8 Å². The van der Waals surface area contributed by atoms with Gasteiger partial charge in [0, 0.05) is 12.4 Å². The van der Waals surface area contributed by atoms with Gasteiger partial charge in [0.1, 0.15) is 0 Å². The number of hydrogen-bond acceptors (Lipinski definition) is 3. The largest absolute Gasteiger partial charge is 0.471 e. The second-order valence-corrected chi connectivity index (χ2v) is 4.62. The Balaban J connectivity index is 2.18. The summed E-state index contributed by atoms with van der Waals surface area (Å²) in [6.45, 7) is 0. The highest BCUT2D eigenvalue weighted by atomic mass is 19.4. The lowest BCUT2D eigenvalue weighted by Crippen LogP contribution is -2.41. The van der Waals surface area contributed by atoms with Crippen LogP contribution in [0.5, 0.6) is 0 Å². The molecular formula is C12H14F3N3O. The molecule has 19 heavy (non-hydrogen) atoms. The van der Waals surface area contributed by atoms with E-state index < -0.39 is 18.1 Å². The number of carbonyl (C=O) groups is 1. The summed E-state index contributed by atoms with van der Waals surface area (Å²) in [6.07, 6.45) is 2.89. The first-order valence-electron chi connectivity index (χ1n) is 6.12. The van der Waals surface area contributed by atoms with Crippen molar-refractivity contribution in [2.45, 2.75) is 37.9 Å². The molecule has 4 nitrogen and oxygen atoms in total. The number of nitrogens with one attached hydrogen (secondary N) is 1. The van der Waals surface area contributed by atoms with Crippen molar-refractivity contribution in [2.24, 2.45) is 5.92 Å². The third-order valence-corrected chi connectivity index (χ3v) is 3.32. The number of rotatable bonds is 3. The van der Waals surface area contributed by atoms with Crippen LogP contribution in [0.15, 0.2) is 18.6 Å². The summed E-state index contributed by atoms with van der Waals surface area (Å²) in [4.78, 5) is 19.0. The highest BCUT2D eigenvalue weighted by Gasteiger charge is 2.41. The molecule has 1 atom stereocenters. The minimum absolute atomic E-state index is 0.0111. The Morgan fingerprint density at radius 1 is 1.32 bits per heavy atom. The van der Waals surface area contributed by atoms with Crippen molar-refractivity contribution < 1.29 is 18.0 Å². The summed E-state index contributed by atoms with van der Waals surface area (Å²) in [7, 11) is 0. The van der Waals surface area contributed by atoms with Gasteiger partial charge in [-0.05, 0) is 18.8 Å². The van der Waals surface area contributed by atoms with Crippen molar-refractivity contribution >= 4 is 5.91 Å². The van der Waals surface area contributed by atoms with Gasteiger partial charge in [0.25, 0.3) is 0 Å². The predicted molar refractivity (Wildman–Crippen MR) is 60.9 cm³/mol. The third-order valence-electron chi connectivity index (χ3n) is 3.32. The fourth-order valence-corrected chi connectivity index (χ4v) is 2.42. The zero-order valence-corrected chi connectivity index (χ0v) is 10.2. The topological polar surface area (TPSA) is 54.9 Å². The first-order chi connectivity index (χ1) is 8.98. The molecule has 0 radical (unpaired) electrons. The first kappa shape index (κ1) is 13.8. The smallest absolute Gasteiger partial charge is 0.340 e. The summed E-state index contributed by atoms with van der Waals surface area (Å²) in [5.74, 6) is -1.93. The molecule has 1 fully saturated rings. The molecule has 0 aliphatic heterocycles. The SMILES string of the molecule is O=C(NC(c1cnccn1)C1CCCC1)C(F)(F)F. The Labute approximate surface area is 108 Å². The van der Waals surface area contributed by atoms with Crippen molar-refractivity contribution in [3.05, 3.63) is 24.3 Å². The number of halogens is 3. The third kappa shape index (κ3) is 3.42. The highest BCUT2D eigenvalue weighted by Crippen LogP contribution is 2.35. The van der Waals surface area contributed by atoms with Gasteiger partial charge >= 0.3 is 12.1 Å². The van der Waals surface area contributed by atoms with E-state index in [0.29, 0.717) is 5.69 Å². The van der Waals surface area contributed by atoms with Crippen molar-refractivity contribution in [3.8, 4) is 0 Å². The molecule has 1 aromatic rings. The Morgan fingerprint density at radius 2 is 2.00 bits per heavy atom. The molecule has 0 spiro atoms. The summed E-state index contributed by atoms with van der Waals surface area (Å²) < 4.78 is 37.1. The Kier molecular flexibility index (Phi) is 4.01. The molecule has 1 aliphatic carbocycles. The molecule has 1 aliphatic rings. The van der Waals surface area contributed by atoms with Crippen LogP contribution in [0.4, 0.5) is 13.2 Å². The van der Waals surface area contributed by atoms with Crippen molar-refractivity contribution in [2.75, 3.05) is 0 Å². The normalized spacial score (nSPS) is 18.3. The Hall–Kier alpha value is -1.66. The second-order valence-electron chi connectivity index (χ2n) is 4.62. The molecule has 1 saturated carbocycles. The minimum Gasteiger partial charge on any atom is -0.340 e. The summed E-state index contributed by atoms with van der Waals surface area (Å²) >= 11 is 0. The van der Waals surface area contributed by atoms with E-state index in [9.17, 15) is 18.0 Å². The van der Waals surface area contributed by atoms with Crippen LogP contribution in [-0.4, -0.2) is 22.1 Å². The van der Waals surface area contributed by atoms with E-state index in [1.54, 1.807) is 0 Å². The molecular weight excluding hydrogens is 259 g/mol. The standard InChI is InChI=1S/C12H14F3N3O/c13-12(14,15)11(19)18-10(8-3-1-2-4-8)9-7-16-5-6-17-9/h5-8,10H,1-4H2,(H,18,19). The van der Waals surface area contributed by atoms with E-state index in [0.717, 1.165) is 25.7 Å². The molecule has 1 heterocycles. The maximum atomic E-state index is 12.4. The van der Waals surface area contributed by atoms with Gasteiger partial charge < -0.3 is 5.32 Å². The van der Waals surface area contributed by atoms with Crippen LogP contribution in [-0.2, 0) is 4.79 Å². The van der Waals surface area contributed by atoms with E-state index in [-0.39, 0.29) is 5.92 Å². The van der Waals surface area contributed by atoms with E-state index in [1.165, 1.54) is 18.6 Å². The molecule has 1 unspecified atom stereocenters. The van der Waals surface area contributed by atoms with Gasteiger partial charge in [-0.15, -0.1) is 0 Å². The van der Waals surface area contributed by atoms with Crippen LogP contribution >= 0.6 is 0 Å². The molecule has 2 rings (SSSR count). The molecule has 1 N–H and O–H groups in total. The molecule has 0 aromatic carbocycles. The highest BCUT2D eigenvalue weighted by molar-refractivity contribution is 5.82. The lowest BCUT2D eigenvalue weighted by Gasteiger charge is -2.24. The van der Waals surface area contributed by atoms with E-state index in [1.807, 2.05) is 5.32 Å². The minimum atomic E-state index is -4.88. The zero-order valence-electron chi connectivity index (χ0n) is 10.2. The van der Waals surface area contributed by atoms with Crippen LogP contribution < -0.4 is 5.32 Å². The molecule has 7 heteroatoms. The molecule has 1 amide bonds. The number of carbonyl (C=O) groups excluding carboxylic acids is 1. The number of hydrogen-bond donors (Lipinski definition) is 1. The number of amides is 1. The lowest BCUT2D eigenvalue weighted by atomic mass is 9.95. The fourth-order valence-electron chi connectivity index (χ4n) is 2.42. The number of aromatic nitrogens is 2. The van der Waals surface area contributed by atoms with Crippen molar-refractivity contribution in [1.82, 2.24) is 15.3 Å². The molecule has 104 valence electrons. The van der Waals surface area contributed by atoms with Gasteiger partial charge in [0.05, 0.1) is 17.9 Å². The monoisotopic (exact) mass is 273 g/mol. The summed E-state index contributed by atoms with van der Waals surface area (Å²) in [5.41, 5.74) is 0.381. The molecule has 0 saturated heterocycles. The lowest BCUT2D eigenvalue weighted by molar-refractivity contribution is -0.174. The van der Waals surface area contributed by atoms with Crippen molar-refractivity contribution in [3.63, 3.8) is 0 Å². The van der Waals surface area contributed by atoms with E-state index in [2.05, 4.69) is 9.97 Å². The zero-order chi connectivity index (χ0) is 13.9. The number of alkyl halides is 3. The predicted octanol–water partition coefficient (Wildman–Crippen LogP) is 2.39. The van der Waals surface area contributed by atoms with Gasteiger partial charge in [0.2, 0.25) is 0 Å². The van der Waals surface area contributed by atoms with Gasteiger partial charge in [-0.2, -0.15) is 13.2 Å². The maximum absolute atomic E-state index is 12.4. The second kappa shape index (κ2) is 5.54. The van der Waals surface area contributed by atoms with Crippen LogP contribution in [0.3, 0.4) is 0 Å². The number of nitrogens with zero attached hydrogens (tertiary/aromatic N) is 2. The van der Waals surface area contributed by atoms with Crippen LogP contribution in [0.1, 0.15) is 37.4 Å². The summed E-state index contributed by atoms with van der Waals surface area (Å²) in [6, 6.07) is -0.717. The Bertz CT molecular complexity index is 430. The van der Waals surface area contributed by atoms with Crippen LogP contribution in [0.2, 0.25) is 0 Å². The quantitative estimate of drug-likeness (QED) is 0.920. The average Bonchev–Trinajstić information content (AvgIpc) is 2.89.